The van der Waals surface area contributed by atoms with E-state index in [9.17, 15) is 4.79 Å². The van der Waals surface area contributed by atoms with Gasteiger partial charge >= 0.3 is 0 Å². The van der Waals surface area contributed by atoms with E-state index in [0.717, 1.165) is 50.1 Å². The third-order valence-corrected chi connectivity index (χ3v) is 4.84. The van der Waals surface area contributed by atoms with E-state index < -0.39 is 0 Å². The lowest BCUT2D eigenvalue weighted by Crippen LogP contribution is -2.35. The second-order valence-corrected chi connectivity index (χ2v) is 6.99. The van der Waals surface area contributed by atoms with E-state index in [0.29, 0.717) is 6.54 Å². The maximum Gasteiger partial charge on any atom is 0.223 e. The van der Waals surface area contributed by atoms with Gasteiger partial charge in [-0.15, -0.1) is 0 Å². The van der Waals surface area contributed by atoms with Gasteiger partial charge in [-0.25, -0.2) is 4.98 Å². The van der Waals surface area contributed by atoms with E-state index in [1.165, 1.54) is 11.9 Å². The molecule has 0 atom stereocenters. The van der Waals surface area contributed by atoms with Crippen LogP contribution in [-0.2, 0) is 17.8 Å². The molecule has 0 radical (unpaired) electrons. The van der Waals surface area contributed by atoms with E-state index in [-0.39, 0.29) is 11.8 Å². The summed E-state index contributed by atoms with van der Waals surface area (Å²) in [6, 6.07) is 8.29. The number of nitrogens with zero attached hydrogens (tertiary/aromatic N) is 3. The smallest absolute Gasteiger partial charge is 0.223 e. The Morgan fingerprint density at radius 1 is 1.33 bits per heavy atom. The highest BCUT2D eigenvalue weighted by atomic mass is 16.1. The van der Waals surface area contributed by atoms with Crippen LogP contribution in [0.2, 0.25) is 0 Å². The first-order valence-electron chi connectivity index (χ1n) is 9.02. The first-order chi connectivity index (χ1) is 11.6. The lowest BCUT2D eigenvalue weighted by atomic mass is 9.85. The number of rotatable bonds is 8. The topological polar surface area (TPSA) is 50.2 Å². The number of aryl methyl sites for hydroxylation is 1. The van der Waals surface area contributed by atoms with Crippen LogP contribution in [0.5, 0.6) is 0 Å². The predicted octanol–water partition coefficient (Wildman–Crippen LogP) is 2.45. The Morgan fingerprint density at radius 3 is 2.83 bits per heavy atom. The summed E-state index contributed by atoms with van der Waals surface area (Å²) >= 11 is 0. The summed E-state index contributed by atoms with van der Waals surface area (Å²) in [5.41, 5.74) is 2.24. The molecule has 3 rings (SSSR count). The molecule has 1 heterocycles. The Bertz CT molecular complexity index is 688. The summed E-state index contributed by atoms with van der Waals surface area (Å²) in [6.45, 7) is 2.70. The molecule has 5 nitrogen and oxygen atoms in total. The number of carbonyl (C=O) groups is 1. The minimum absolute atomic E-state index is 0.219. The fourth-order valence-electron chi connectivity index (χ4n) is 3.22. The molecule has 0 aliphatic heterocycles. The molecule has 0 spiro atoms. The summed E-state index contributed by atoms with van der Waals surface area (Å²) < 4.78 is 2.31. The molecule has 0 unspecified atom stereocenters. The highest BCUT2D eigenvalue weighted by molar-refractivity contribution is 5.79. The third-order valence-electron chi connectivity index (χ3n) is 4.84. The van der Waals surface area contributed by atoms with Gasteiger partial charge in [-0.3, -0.25) is 4.79 Å². The van der Waals surface area contributed by atoms with Crippen LogP contribution in [0.25, 0.3) is 11.0 Å². The number of fused-ring (bicyclic) bond motifs is 1. The number of nitrogens with one attached hydrogen (secondary N) is 1. The first-order valence-corrected chi connectivity index (χ1v) is 9.02. The molecule has 1 saturated carbocycles. The van der Waals surface area contributed by atoms with Crippen LogP contribution in [0.1, 0.15) is 31.5 Å². The SMILES string of the molecule is CN(C)CCCn1c(CCNC(=O)C2CCC2)nc2ccccc21. The summed E-state index contributed by atoms with van der Waals surface area (Å²) in [6.07, 6.45) is 5.17. The zero-order chi connectivity index (χ0) is 16.9. The number of benzene rings is 1. The van der Waals surface area contributed by atoms with Gasteiger partial charge in [0.1, 0.15) is 5.82 Å². The van der Waals surface area contributed by atoms with E-state index >= 15 is 0 Å². The molecule has 1 aliphatic carbocycles. The van der Waals surface area contributed by atoms with Gasteiger partial charge in [-0.2, -0.15) is 0 Å². The number of para-hydroxylation sites is 2. The van der Waals surface area contributed by atoms with Gasteiger partial charge in [0.15, 0.2) is 0 Å². The lowest BCUT2D eigenvalue weighted by molar-refractivity contribution is -0.127. The van der Waals surface area contributed by atoms with Crippen LogP contribution in [0.3, 0.4) is 0 Å². The number of aromatic nitrogens is 2. The van der Waals surface area contributed by atoms with Crippen LogP contribution in [0.4, 0.5) is 0 Å². The van der Waals surface area contributed by atoms with Crippen molar-refractivity contribution in [2.75, 3.05) is 27.2 Å². The molecule has 1 amide bonds. The first kappa shape index (κ1) is 17.0. The number of hydrogen-bond acceptors (Lipinski definition) is 3. The van der Waals surface area contributed by atoms with E-state index in [1.54, 1.807) is 0 Å². The molecule has 1 fully saturated rings. The van der Waals surface area contributed by atoms with Crippen molar-refractivity contribution in [3.05, 3.63) is 30.1 Å². The predicted molar refractivity (Wildman–Crippen MR) is 97.0 cm³/mol. The molecule has 130 valence electrons. The summed E-state index contributed by atoms with van der Waals surface area (Å²) in [5.74, 6) is 1.55. The van der Waals surface area contributed by atoms with Gasteiger partial charge in [0.25, 0.3) is 0 Å². The van der Waals surface area contributed by atoms with Crippen molar-refractivity contribution in [3.8, 4) is 0 Å². The van der Waals surface area contributed by atoms with E-state index in [1.807, 2.05) is 6.07 Å². The summed E-state index contributed by atoms with van der Waals surface area (Å²) in [7, 11) is 4.20. The molecule has 2 aromatic rings. The zero-order valence-corrected chi connectivity index (χ0v) is 14.8. The van der Waals surface area contributed by atoms with Crippen molar-refractivity contribution in [2.24, 2.45) is 5.92 Å². The standard InChI is InChI=1S/C19H28N4O/c1-22(2)13-6-14-23-17-10-4-3-9-16(17)21-18(23)11-12-20-19(24)15-7-5-8-15/h3-4,9-10,15H,5-8,11-14H2,1-2H3,(H,20,24). The van der Waals surface area contributed by atoms with Crippen LogP contribution >= 0.6 is 0 Å². The molecule has 0 saturated heterocycles. The Balaban J connectivity index is 1.65. The minimum atomic E-state index is 0.219. The minimum Gasteiger partial charge on any atom is -0.355 e. The molecule has 1 aliphatic rings. The Morgan fingerprint density at radius 2 is 2.12 bits per heavy atom. The molecular weight excluding hydrogens is 300 g/mol. The average Bonchev–Trinajstić information content (AvgIpc) is 2.83. The van der Waals surface area contributed by atoms with Crippen molar-refractivity contribution in [3.63, 3.8) is 0 Å². The Labute approximate surface area is 144 Å². The number of carbonyl (C=O) groups excluding carboxylic acids is 1. The van der Waals surface area contributed by atoms with Crippen LogP contribution in [0, 0.1) is 5.92 Å². The van der Waals surface area contributed by atoms with Gasteiger partial charge in [0.05, 0.1) is 11.0 Å². The Hall–Kier alpha value is -1.88. The maximum absolute atomic E-state index is 12.0. The Kier molecular flexibility index (Phi) is 5.51. The molecule has 5 heteroatoms. The fraction of sp³-hybridized carbons (Fsp3) is 0.579. The van der Waals surface area contributed by atoms with Gasteiger partial charge in [0.2, 0.25) is 5.91 Å². The molecule has 24 heavy (non-hydrogen) atoms. The van der Waals surface area contributed by atoms with Gasteiger partial charge in [-0.05, 0) is 52.0 Å². The quantitative estimate of drug-likeness (QED) is 0.810. The largest absolute Gasteiger partial charge is 0.355 e. The van der Waals surface area contributed by atoms with Crippen LogP contribution in [0.15, 0.2) is 24.3 Å². The second-order valence-electron chi connectivity index (χ2n) is 6.99. The molecule has 0 bridgehead atoms. The second kappa shape index (κ2) is 7.79. The summed E-state index contributed by atoms with van der Waals surface area (Å²) in [5, 5.41) is 3.08. The molecule has 1 aromatic carbocycles. The van der Waals surface area contributed by atoms with Gasteiger partial charge in [-0.1, -0.05) is 18.6 Å². The average molecular weight is 328 g/mol. The highest BCUT2D eigenvalue weighted by Crippen LogP contribution is 2.26. The molecular formula is C19H28N4O. The molecule has 1 N–H and O–H groups in total. The zero-order valence-electron chi connectivity index (χ0n) is 14.8. The number of amides is 1. The van der Waals surface area contributed by atoms with Crippen molar-refractivity contribution < 1.29 is 4.79 Å². The highest BCUT2D eigenvalue weighted by Gasteiger charge is 2.24. The van der Waals surface area contributed by atoms with Crippen molar-refractivity contribution in [2.45, 2.75) is 38.6 Å². The van der Waals surface area contributed by atoms with Gasteiger partial charge < -0.3 is 14.8 Å². The van der Waals surface area contributed by atoms with Crippen molar-refractivity contribution in [1.82, 2.24) is 19.8 Å². The monoisotopic (exact) mass is 328 g/mol. The van der Waals surface area contributed by atoms with Gasteiger partial charge in [0, 0.05) is 25.4 Å². The number of imidazole rings is 1. The summed E-state index contributed by atoms with van der Waals surface area (Å²) in [4.78, 5) is 19.0. The fourth-order valence-corrected chi connectivity index (χ4v) is 3.22. The normalized spacial score (nSPS) is 15.0. The van der Waals surface area contributed by atoms with Crippen LogP contribution < -0.4 is 5.32 Å². The van der Waals surface area contributed by atoms with Crippen LogP contribution in [-0.4, -0.2) is 47.5 Å². The van der Waals surface area contributed by atoms with Crippen molar-refractivity contribution >= 4 is 16.9 Å². The number of hydrogen-bond donors (Lipinski definition) is 1. The molecule has 1 aromatic heterocycles. The maximum atomic E-state index is 12.0. The van der Waals surface area contributed by atoms with E-state index in [2.05, 4.69) is 47.1 Å². The van der Waals surface area contributed by atoms with E-state index in [4.69, 9.17) is 4.98 Å². The van der Waals surface area contributed by atoms with Crippen molar-refractivity contribution in [1.29, 1.82) is 0 Å². The third kappa shape index (κ3) is 3.96. The lowest BCUT2D eigenvalue weighted by Gasteiger charge is -2.24.